The van der Waals surface area contributed by atoms with Gasteiger partial charge < -0.3 is 0 Å². The van der Waals surface area contributed by atoms with E-state index in [1.54, 1.807) is 30.3 Å². The van der Waals surface area contributed by atoms with E-state index < -0.39 is 8.07 Å². The smallest absolute Gasteiger partial charge is 0.148 e. The van der Waals surface area contributed by atoms with E-state index in [2.05, 4.69) is 36.1 Å². The van der Waals surface area contributed by atoms with Gasteiger partial charge in [0.05, 0.1) is 0 Å². The van der Waals surface area contributed by atoms with Crippen molar-refractivity contribution in [2.45, 2.75) is 19.6 Å². The summed E-state index contributed by atoms with van der Waals surface area (Å²) < 4.78 is 13.8. The van der Waals surface area contributed by atoms with Crippen molar-refractivity contribution >= 4 is 31.1 Å². The van der Waals surface area contributed by atoms with Gasteiger partial charge in [0.25, 0.3) is 0 Å². The van der Waals surface area contributed by atoms with E-state index >= 15 is 0 Å². The second-order valence-corrected chi connectivity index (χ2v) is 11.1. The molecule has 2 aromatic carbocycles. The van der Waals surface area contributed by atoms with E-state index in [0.29, 0.717) is 10.7 Å². The van der Waals surface area contributed by atoms with Crippen LogP contribution in [0.25, 0.3) is 0 Å². The normalized spacial score (nSPS) is 11.8. The molecule has 1 nitrogen and oxygen atoms in total. The number of halogens is 2. The molecule has 0 unspecified atom stereocenters. The van der Waals surface area contributed by atoms with Crippen LogP contribution in [0.15, 0.2) is 53.5 Å². The van der Waals surface area contributed by atoms with Crippen molar-refractivity contribution in [1.29, 1.82) is 0 Å². The molecule has 0 aromatic heterocycles. The molecule has 0 aliphatic carbocycles. The fourth-order valence-electron chi connectivity index (χ4n) is 1.68. The molecule has 0 spiro atoms. The highest BCUT2D eigenvalue weighted by molar-refractivity contribution is 6.84. The zero-order valence-electron chi connectivity index (χ0n) is 12.8. The Bertz CT molecular complexity index is 749. The zero-order valence-corrected chi connectivity index (χ0v) is 14.6. The fraction of sp³-hybridized carbons (Fsp3) is 0.167. The Morgan fingerprint density at radius 3 is 2.27 bits per heavy atom. The molecule has 0 bridgehead atoms. The molecular weight excluding hydrogens is 313 g/mol. The molecule has 0 fully saturated rings. The summed E-state index contributed by atoms with van der Waals surface area (Å²) in [6.45, 7) is 6.47. The van der Waals surface area contributed by atoms with E-state index in [-0.39, 0.29) is 11.5 Å². The Labute approximate surface area is 136 Å². The lowest BCUT2D eigenvalue weighted by molar-refractivity contribution is 0.630. The maximum absolute atomic E-state index is 13.8. The van der Waals surface area contributed by atoms with Gasteiger partial charge in [-0.25, -0.2) is 9.38 Å². The molecule has 0 aliphatic heterocycles. The predicted molar refractivity (Wildman–Crippen MR) is 95.2 cm³/mol. The largest absolute Gasteiger partial charge is 0.236 e. The first-order valence-electron chi connectivity index (χ1n) is 6.97. The van der Waals surface area contributed by atoms with Crippen molar-refractivity contribution in [3.8, 4) is 11.5 Å². The minimum atomic E-state index is -1.56. The topological polar surface area (TPSA) is 12.4 Å². The van der Waals surface area contributed by atoms with Crippen molar-refractivity contribution in [1.82, 2.24) is 0 Å². The summed E-state index contributed by atoms with van der Waals surface area (Å²) >= 11 is 5.92. The monoisotopic (exact) mass is 329 g/mol. The lowest BCUT2D eigenvalue weighted by Crippen LogP contribution is -2.17. The maximum atomic E-state index is 13.8. The highest BCUT2D eigenvalue weighted by Crippen LogP contribution is 2.19. The fourth-order valence-corrected chi connectivity index (χ4v) is 2.30. The van der Waals surface area contributed by atoms with Crippen LogP contribution < -0.4 is 0 Å². The molecule has 0 radical (unpaired) electrons. The summed E-state index contributed by atoms with van der Waals surface area (Å²) in [6.07, 6.45) is 0. The third-order valence-corrected chi connectivity index (χ3v) is 3.89. The maximum Gasteiger partial charge on any atom is 0.148 e. The second kappa shape index (κ2) is 6.91. The van der Waals surface area contributed by atoms with Crippen molar-refractivity contribution in [3.63, 3.8) is 0 Å². The van der Waals surface area contributed by atoms with Crippen LogP contribution in [-0.4, -0.2) is 13.8 Å². The molecule has 4 heteroatoms. The van der Waals surface area contributed by atoms with Crippen LogP contribution in [0, 0.1) is 17.3 Å². The van der Waals surface area contributed by atoms with Crippen LogP contribution in [0.2, 0.25) is 24.7 Å². The molecule has 22 heavy (non-hydrogen) atoms. The summed E-state index contributed by atoms with van der Waals surface area (Å²) in [5.74, 6) is 2.77. The Hall–Kier alpha value is -1.89. The third kappa shape index (κ3) is 4.83. The van der Waals surface area contributed by atoms with Crippen LogP contribution in [0.5, 0.6) is 0 Å². The average Bonchev–Trinajstić information content (AvgIpc) is 2.45. The van der Waals surface area contributed by atoms with E-state index in [1.807, 2.05) is 12.1 Å². The van der Waals surface area contributed by atoms with Gasteiger partial charge in [0.2, 0.25) is 0 Å². The average molecular weight is 330 g/mol. The highest BCUT2D eigenvalue weighted by Gasteiger charge is 2.09. The van der Waals surface area contributed by atoms with Crippen molar-refractivity contribution in [2.75, 3.05) is 0 Å². The Kier molecular flexibility index (Phi) is 5.18. The number of nitrogens with zero attached hydrogens (tertiary/aromatic N) is 1. The van der Waals surface area contributed by atoms with Gasteiger partial charge in [-0.3, -0.25) is 0 Å². The first-order chi connectivity index (χ1) is 10.3. The van der Waals surface area contributed by atoms with Gasteiger partial charge in [0.15, 0.2) is 0 Å². The molecule has 0 aliphatic rings. The summed E-state index contributed by atoms with van der Waals surface area (Å²) in [7, 11) is -1.56. The molecule has 0 amide bonds. The number of rotatable bonds is 2. The molecule has 0 saturated carbocycles. The van der Waals surface area contributed by atoms with Crippen LogP contribution >= 0.6 is 11.6 Å². The first kappa shape index (κ1) is 16.5. The number of aliphatic imine (C=N–C) groups is 1. The number of para-hydroxylation sites is 1. The Morgan fingerprint density at radius 1 is 1.05 bits per heavy atom. The van der Waals surface area contributed by atoms with Gasteiger partial charge in [-0.15, -0.1) is 5.54 Å². The lowest BCUT2D eigenvalue weighted by Gasteiger charge is -2.05. The van der Waals surface area contributed by atoms with Gasteiger partial charge in [-0.05, 0) is 24.3 Å². The van der Waals surface area contributed by atoms with Crippen molar-refractivity contribution < 1.29 is 4.39 Å². The van der Waals surface area contributed by atoms with Crippen LogP contribution in [0.3, 0.4) is 0 Å². The SMILES string of the molecule is C[Si](C)(C)C#CC(=Nc1ccccc1F)c1ccc(Cl)cc1. The summed E-state index contributed by atoms with van der Waals surface area (Å²) in [5.41, 5.74) is 4.96. The predicted octanol–water partition coefficient (Wildman–Crippen LogP) is 5.48. The van der Waals surface area contributed by atoms with Gasteiger partial charge >= 0.3 is 0 Å². The zero-order chi connectivity index (χ0) is 16.2. The Balaban J connectivity index is 2.52. The number of hydrogen-bond donors (Lipinski definition) is 0. The summed E-state index contributed by atoms with van der Waals surface area (Å²) in [5, 5.41) is 0.646. The van der Waals surface area contributed by atoms with Crippen LogP contribution in [0.1, 0.15) is 5.56 Å². The number of benzene rings is 2. The van der Waals surface area contributed by atoms with Crippen LogP contribution in [0.4, 0.5) is 10.1 Å². The molecule has 2 aromatic rings. The molecule has 2 rings (SSSR count). The molecule has 0 atom stereocenters. The van der Waals surface area contributed by atoms with E-state index in [4.69, 9.17) is 11.6 Å². The summed E-state index contributed by atoms with van der Waals surface area (Å²) in [4.78, 5) is 4.41. The standard InChI is InChI=1S/C18H17ClFNSi/c1-22(2,3)13-12-17(14-8-10-15(19)11-9-14)21-18-7-5-4-6-16(18)20/h4-11H,1-3H3. The lowest BCUT2D eigenvalue weighted by atomic mass is 10.1. The van der Waals surface area contributed by atoms with E-state index in [9.17, 15) is 4.39 Å². The summed E-state index contributed by atoms with van der Waals surface area (Å²) in [6, 6.07) is 13.7. The molecule has 0 heterocycles. The van der Waals surface area contributed by atoms with Gasteiger partial charge in [0, 0.05) is 10.6 Å². The van der Waals surface area contributed by atoms with Gasteiger partial charge in [-0.1, -0.05) is 61.4 Å². The van der Waals surface area contributed by atoms with Crippen LogP contribution in [-0.2, 0) is 0 Å². The van der Waals surface area contributed by atoms with Crippen molar-refractivity contribution in [2.24, 2.45) is 4.99 Å². The minimum absolute atomic E-state index is 0.289. The quantitative estimate of drug-likeness (QED) is 0.393. The molecular formula is C18H17ClFNSi. The minimum Gasteiger partial charge on any atom is -0.236 e. The van der Waals surface area contributed by atoms with Crippen molar-refractivity contribution in [3.05, 3.63) is 64.9 Å². The van der Waals surface area contributed by atoms with Gasteiger partial charge in [-0.2, -0.15) is 0 Å². The van der Waals surface area contributed by atoms with E-state index in [0.717, 1.165) is 5.56 Å². The first-order valence-corrected chi connectivity index (χ1v) is 10.9. The third-order valence-electron chi connectivity index (χ3n) is 2.76. The molecule has 112 valence electrons. The van der Waals surface area contributed by atoms with E-state index in [1.165, 1.54) is 6.07 Å². The molecule has 0 N–H and O–H groups in total. The highest BCUT2D eigenvalue weighted by atomic mass is 35.5. The Morgan fingerprint density at radius 2 is 1.68 bits per heavy atom. The number of hydrogen-bond acceptors (Lipinski definition) is 1. The molecule has 0 saturated heterocycles. The second-order valence-electron chi connectivity index (χ2n) is 5.92. The van der Waals surface area contributed by atoms with Gasteiger partial charge in [0.1, 0.15) is 25.3 Å².